The lowest BCUT2D eigenvalue weighted by Crippen LogP contribution is -2.57. The molecule has 1 aromatic rings. The third-order valence-electron chi connectivity index (χ3n) is 4.23. The van der Waals surface area contributed by atoms with Crippen molar-refractivity contribution in [2.45, 2.75) is 37.9 Å². The van der Waals surface area contributed by atoms with Crippen molar-refractivity contribution >= 4 is 17.5 Å². The second kappa shape index (κ2) is 8.52. The molecular weight excluding hydrogens is 316 g/mol. The number of halogens is 1. The largest absolute Gasteiger partial charge is 0.477 e. The highest BCUT2D eigenvalue weighted by molar-refractivity contribution is 6.30. The molecule has 0 aliphatic carbocycles. The van der Waals surface area contributed by atoms with Gasteiger partial charge in [-0.15, -0.1) is 0 Å². The summed E-state index contributed by atoms with van der Waals surface area (Å²) in [6, 6.07) is 7.12. The number of rotatable bonds is 7. The van der Waals surface area contributed by atoms with E-state index in [1.165, 1.54) is 0 Å². The molecule has 0 bridgehead atoms. The van der Waals surface area contributed by atoms with Crippen LogP contribution in [0.2, 0.25) is 5.02 Å². The standard InChI is InChI=1S/C17H25ClN2O3/c1-3-14(22-2)12-20-16(21)17(8-10-19-11-9-17)23-15-6-4-13(18)5-7-15/h4-7,14,19H,3,8-12H2,1-2H3,(H,20,21)/t14-/m0/s1. The molecule has 5 nitrogen and oxygen atoms in total. The van der Waals surface area contributed by atoms with Crippen molar-refractivity contribution in [3.05, 3.63) is 29.3 Å². The van der Waals surface area contributed by atoms with Crippen LogP contribution in [0.25, 0.3) is 0 Å². The minimum absolute atomic E-state index is 0.0215. The highest BCUT2D eigenvalue weighted by atomic mass is 35.5. The molecule has 0 aromatic heterocycles. The minimum atomic E-state index is -0.842. The summed E-state index contributed by atoms with van der Waals surface area (Å²) >= 11 is 5.91. The Kier molecular flexibility index (Phi) is 6.69. The van der Waals surface area contributed by atoms with Crippen LogP contribution in [-0.4, -0.2) is 44.4 Å². The van der Waals surface area contributed by atoms with Gasteiger partial charge in [-0.25, -0.2) is 0 Å². The number of nitrogens with one attached hydrogen (secondary N) is 2. The average molecular weight is 341 g/mol. The summed E-state index contributed by atoms with van der Waals surface area (Å²) in [5, 5.41) is 6.90. The summed E-state index contributed by atoms with van der Waals surface area (Å²) in [6.07, 6.45) is 2.13. The third kappa shape index (κ3) is 4.83. The lowest BCUT2D eigenvalue weighted by molar-refractivity contribution is -0.139. The fourth-order valence-electron chi connectivity index (χ4n) is 2.70. The highest BCUT2D eigenvalue weighted by Gasteiger charge is 2.42. The summed E-state index contributed by atoms with van der Waals surface area (Å²) in [6.45, 7) is 4.03. The lowest BCUT2D eigenvalue weighted by Gasteiger charge is -2.36. The molecule has 0 radical (unpaired) electrons. The third-order valence-corrected chi connectivity index (χ3v) is 4.48. The zero-order valence-electron chi connectivity index (χ0n) is 13.7. The molecule has 0 spiro atoms. The van der Waals surface area contributed by atoms with Crippen molar-refractivity contribution < 1.29 is 14.3 Å². The zero-order chi connectivity index (χ0) is 16.7. The van der Waals surface area contributed by atoms with Gasteiger partial charge < -0.3 is 20.1 Å². The predicted molar refractivity (Wildman–Crippen MR) is 91.0 cm³/mol. The molecule has 1 heterocycles. The van der Waals surface area contributed by atoms with E-state index in [0.29, 0.717) is 30.2 Å². The van der Waals surface area contributed by atoms with Gasteiger partial charge in [0, 0.05) is 31.5 Å². The molecule has 128 valence electrons. The van der Waals surface area contributed by atoms with Gasteiger partial charge in [-0.3, -0.25) is 4.79 Å². The molecule has 1 amide bonds. The van der Waals surface area contributed by atoms with Crippen LogP contribution in [-0.2, 0) is 9.53 Å². The minimum Gasteiger partial charge on any atom is -0.477 e. The van der Waals surface area contributed by atoms with Gasteiger partial charge in [0.05, 0.1) is 6.10 Å². The molecular formula is C17H25ClN2O3. The van der Waals surface area contributed by atoms with Crippen molar-refractivity contribution in [1.82, 2.24) is 10.6 Å². The van der Waals surface area contributed by atoms with E-state index < -0.39 is 5.60 Å². The van der Waals surface area contributed by atoms with Gasteiger partial charge >= 0.3 is 0 Å². The van der Waals surface area contributed by atoms with E-state index in [9.17, 15) is 4.79 Å². The number of hydrogen-bond acceptors (Lipinski definition) is 4. The molecule has 0 unspecified atom stereocenters. The highest BCUT2D eigenvalue weighted by Crippen LogP contribution is 2.28. The first-order valence-electron chi connectivity index (χ1n) is 8.06. The van der Waals surface area contributed by atoms with Gasteiger partial charge in [-0.05, 0) is 43.8 Å². The SMILES string of the molecule is CC[C@@H](CNC(=O)C1(Oc2ccc(Cl)cc2)CCNCC1)OC. The Morgan fingerprint density at radius 3 is 2.57 bits per heavy atom. The first-order chi connectivity index (χ1) is 11.1. The maximum absolute atomic E-state index is 12.8. The predicted octanol–water partition coefficient (Wildman–Crippen LogP) is 2.38. The molecule has 6 heteroatoms. The molecule has 2 N–H and O–H groups in total. The number of methoxy groups -OCH3 is 1. The van der Waals surface area contributed by atoms with Crippen LogP contribution in [0.15, 0.2) is 24.3 Å². The van der Waals surface area contributed by atoms with Crippen LogP contribution in [0.1, 0.15) is 26.2 Å². The van der Waals surface area contributed by atoms with Gasteiger partial charge in [0.15, 0.2) is 5.60 Å². The Hall–Kier alpha value is -1.30. The molecule has 1 atom stereocenters. The molecule has 1 aliphatic rings. The summed E-state index contributed by atoms with van der Waals surface area (Å²) in [4.78, 5) is 12.8. The van der Waals surface area contributed by atoms with E-state index in [-0.39, 0.29) is 12.0 Å². The number of ether oxygens (including phenoxy) is 2. The number of amides is 1. The van der Waals surface area contributed by atoms with Gasteiger partial charge in [0.1, 0.15) is 5.75 Å². The number of benzene rings is 1. The van der Waals surface area contributed by atoms with Crippen molar-refractivity contribution in [1.29, 1.82) is 0 Å². The van der Waals surface area contributed by atoms with E-state index in [4.69, 9.17) is 21.1 Å². The van der Waals surface area contributed by atoms with E-state index in [2.05, 4.69) is 10.6 Å². The maximum atomic E-state index is 12.8. The summed E-state index contributed by atoms with van der Waals surface area (Å²) < 4.78 is 11.4. The molecule has 1 fully saturated rings. The Balaban J connectivity index is 2.08. The Bertz CT molecular complexity index is 497. The van der Waals surface area contributed by atoms with Crippen molar-refractivity contribution in [2.24, 2.45) is 0 Å². The van der Waals surface area contributed by atoms with Crippen molar-refractivity contribution in [3.8, 4) is 5.75 Å². The van der Waals surface area contributed by atoms with Gasteiger partial charge in [0.25, 0.3) is 5.91 Å². The van der Waals surface area contributed by atoms with Crippen LogP contribution in [0, 0.1) is 0 Å². The average Bonchev–Trinajstić information content (AvgIpc) is 2.58. The smallest absolute Gasteiger partial charge is 0.264 e. The van der Waals surface area contributed by atoms with Crippen molar-refractivity contribution in [2.75, 3.05) is 26.7 Å². The molecule has 0 saturated carbocycles. The first kappa shape index (κ1) is 18.0. The molecule has 1 aromatic carbocycles. The number of piperidine rings is 1. The first-order valence-corrected chi connectivity index (χ1v) is 8.44. The lowest BCUT2D eigenvalue weighted by atomic mass is 9.90. The fourth-order valence-corrected chi connectivity index (χ4v) is 2.82. The number of carbonyl (C=O) groups excluding carboxylic acids is 1. The summed E-state index contributed by atoms with van der Waals surface area (Å²) in [5.74, 6) is 0.578. The zero-order valence-corrected chi connectivity index (χ0v) is 14.5. The van der Waals surface area contributed by atoms with Crippen LogP contribution in [0.4, 0.5) is 0 Å². The maximum Gasteiger partial charge on any atom is 0.264 e. The van der Waals surface area contributed by atoms with Crippen molar-refractivity contribution in [3.63, 3.8) is 0 Å². The van der Waals surface area contributed by atoms with E-state index in [1.54, 1.807) is 31.4 Å². The Labute approximate surface area is 142 Å². The van der Waals surface area contributed by atoms with Crippen LogP contribution >= 0.6 is 11.6 Å². The van der Waals surface area contributed by atoms with E-state index in [1.807, 2.05) is 6.92 Å². The molecule has 1 saturated heterocycles. The van der Waals surface area contributed by atoms with Gasteiger partial charge in [-0.2, -0.15) is 0 Å². The second-order valence-corrected chi connectivity index (χ2v) is 6.21. The molecule has 2 rings (SSSR count). The van der Waals surface area contributed by atoms with Gasteiger partial charge in [-0.1, -0.05) is 18.5 Å². The second-order valence-electron chi connectivity index (χ2n) is 5.78. The Morgan fingerprint density at radius 1 is 1.35 bits per heavy atom. The topological polar surface area (TPSA) is 59.6 Å². The number of carbonyl (C=O) groups is 1. The fraction of sp³-hybridized carbons (Fsp3) is 0.588. The van der Waals surface area contributed by atoms with Crippen LogP contribution in [0.3, 0.4) is 0 Å². The normalized spacial score (nSPS) is 18.2. The summed E-state index contributed by atoms with van der Waals surface area (Å²) in [7, 11) is 1.66. The summed E-state index contributed by atoms with van der Waals surface area (Å²) in [5.41, 5.74) is -0.842. The van der Waals surface area contributed by atoms with Crippen LogP contribution in [0.5, 0.6) is 5.75 Å². The molecule has 23 heavy (non-hydrogen) atoms. The van der Waals surface area contributed by atoms with E-state index >= 15 is 0 Å². The number of hydrogen-bond donors (Lipinski definition) is 2. The monoisotopic (exact) mass is 340 g/mol. The quantitative estimate of drug-likeness (QED) is 0.800. The van der Waals surface area contributed by atoms with E-state index in [0.717, 1.165) is 19.5 Å². The van der Waals surface area contributed by atoms with Crippen LogP contribution < -0.4 is 15.4 Å². The van der Waals surface area contributed by atoms with Gasteiger partial charge in [0.2, 0.25) is 0 Å². The Morgan fingerprint density at radius 2 is 2.00 bits per heavy atom. The molecule has 1 aliphatic heterocycles.